The molecule has 0 spiro atoms. The standard InChI is InChI=1S/C27H26N2O3/c30-26(29-19-11-12-20(29)15-27(31,14-19)18-6-5-13-28-16-18)32-17-25-23-9-3-1-7-21(23)22-8-2-4-10-24(22)25/h1-10,13,16,19-20,25,31H,11-12,14-15,17H2. The Morgan fingerprint density at radius 3 is 2.19 bits per heavy atom. The minimum absolute atomic E-state index is 0.00499. The van der Waals surface area contributed by atoms with Crippen molar-refractivity contribution in [3.8, 4) is 11.1 Å². The van der Waals surface area contributed by atoms with Crippen LogP contribution in [0.15, 0.2) is 73.1 Å². The fourth-order valence-electron chi connectivity index (χ4n) is 6.07. The van der Waals surface area contributed by atoms with Gasteiger partial charge in [-0.1, -0.05) is 54.6 Å². The van der Waals surface area contributed by atoms with E-state index in [1.54, 1.807) is 12.4 Å². The Bertz CT molecular complexity index is 1100. The normalized spacial score (nSPS) is 26.0. The first-order valence-electron chi connectivity index (χ1n) is 11.4. The quantitative estimate of drug-likeness (QED) is 0.651. The first-order valence-corrected chi connectivity index (χ1v) is 11.4. The predicted molar refractivity (Wildman–Crippen MR) is 121 cm³/mol. The number of ether oxygens (including phenoxy) is 1. The van der Waals surface area contributed by atoms with Gasteiger partial charge in [0.25, 0.3) is 0 Å². The summed E-state index contributed by atoms with van der Waals surface area (Å²) in [5.74, 6) is 0.0566. The van der Waals surface area contributed by atoms with Crippen LogP contribution in [0.2, 0.25) is 0 Å². The Kier molecular flexibility index (Phi) is 4.54. The monoisotopic (exact) mass is 426 g/mol. The fourth-order valence-corrected chi connectivity index (χ4v) is 6.07. The molecule has 0 radical (unpaired) electrons. The number of nitrogens with zero attached hydrogens (tertiary/aromatic N) is 2. The molecular formula is C27H26N2O3. The van der Waals surface area contributed by atoms with Crippen LogP contribution in [0, 0.1) is 0 Å². The smallest absolute Gasteiger partial charge is 0.410 e. The molecule has 0 saturated carbocycles. The molecule has 2 unspecified atom stereocenters. The molecule has 1 N–H and O–H groups in total. The topological polar surface area (TPSA) is 62.7 Å². The summed E-state index contributed by atoms with van der Waals surface area (Å²) in [6, 6.07) is 20.5. The summed E-state index contributed by atoms with van der Waals surface area (Å²) in [6.45, 7) is 0.329. The molecule has 1 aliphatic carbocycles. The third-order valence-corrected chi connectivity index (χ3v) is 7.51. The van der Waals surface area contributed by atoms with Gasteiger partial charge < -0.3 is 14.7 Å². The SMILES string of the molecule is O=C(OCC1c2ccccc2-c2ccccc21)N1C2CCC1CC(O)(c1cccnc1)C2. The maximum Gasteiger partial charge on any atom is 0.410 e. The lowest BCUT2D eigenvalue weighted by molar-refractivity contribution is -0.0533. The Balaban J connectivity index is 1.19. The third kappa shape index (κ3) is 3.03. The van der Waals surface area contributed by atoms with E-state index >= 15 is 0 Å². The summed E-state index contributed by atoms with van der Waals surface area (Å²) in [5.41, 5.74) is 4.79. The van der Waals surface area contributed by atoms with E-state index in [1.807, 2.05) is 29.2 Å². The Hall–Kier alpha value is -3.18. The van der Waals surface area contributed by atoms with Crippen molar-refractivity contribution in [3.05, 3.63) is 89.7 Å². The van der Waals surface area contributed by atoms with E-state index in [1.165, 1.54) is 22.3 Å². The van der Waals surface area contributed by atoms with Crippen LogP contribution in [0.25, 0.3) is 11.1 Å². The number of aromatic nitrogens is 1. The zero-order valence-electron chi connectivity index (χ0n) is 17.9. The van der Waals surface area contributed by atoms with Crippen molar-refractivity contribution in [2.75, 3.05) is 6.61 Å². The Morgan fingerprint density at radius 2 is 1.59 bits per heavy atom. The second-order valence-electron chi connectivity index (χ2n) is 9.28. The highest BCUT2D eigenvalue weighted by atomic mass is 16.6. The van der Waals surface area contributed by atoms with Gasteiger partial charge >= 0.3 is 6.09 Å². The minimum Gasteiger partial charge on any atom is -0.448 e. The first-order chi connectivity index (χ1) is 15.6. The minimum atomic E-state index is -0.930. The second kappa shape index (κ2) is 7.45. The number of carbonyl (C=O) groups excluding carboxylic acids is 1. The van der Waals surface area contributed by atoms with Crippen molar-refractivity contribution in [1.82, 2.24) is 9.88 Å². The van der Waals surface area contributed by atoms with Gasteiger partial charge in [-0.05, 0) is 41.2 Å². The molecule has 2 bridgehead atoms. The fraction of sp³-hybridized carbons (Fsp3) is 0.333. The number of amides is 1. The largest absolute Gasteiger partial charge is 0.448 e. The van der Waals surface area contributed by atoms with Crippen molar-refractivity contribution in [2.45, 2.75) is 49.3 Å². The predicted octanol–water partition coefficient (Wildman–Crippen LogP) is 4.85. The molecule has 6 rings (SSSR count). The molecule has 3 aromatic rings. The van der Waals surface area contributed by atoms with Gasteiger partial charge in [0.15, 0.2) is 0 Å². The van der Waals surface area contributed by atoms with E-state index in [0.29, 0.717) is 19.4 Å². The molecular weight excluding hydrogens is 400 g/mol. The first kappa shape index (κ1) is 19.5. The summed E-state index contributed by atoms with van der Waals surface area (Å²) in [7, 11) is 0. The van der Waals surface area contributed by atoms with Crippen molar-refractivity contribution in [2.24, 2.45) is 0 Å². The molecule has 3 aliphatic rings. The molecule has 2 aliphatic heterocycles. The molecule has 1 amide bonds. The van der Waals surface area contributed by atoms with E-state index in [-0.39, 0.29) is 24.1 Å². The number of fused-ring (bicyclic) bond motifs is 5. The number of piperidine rings is 1. The lowest BCUT2D eigenvalue weighted by Gasteiger charge is -2.43. The zero-order valence-corrected chi connectivity index (χ0v) is 17.9. The molecule has 162 valence electrons. The highest BCUT2D eigenvalue weighted by Crippen LogP contribution is 2.47. The van der Waals surface area contributed by atoms with Crippen molar-refractivity contribution < 1.29 is 14.6 Å². The van der Waals surface area contributed by atoms with Crippen LogP contribution in [0.4, 0.5) is 4.79 Å². The number of aliphatic hydroxyl groups is 1. The molecule has 32 heavy (non-hydrogen) atoms. The van der Waals surface area contributed by atoms with E-state index in [2.05, 4.69) is 41.4 Å². The molecule has 5 heteroatoms. The van der Waals surface area contributed by atoms with Gasteiger partial charge in [-0.3, -0.25) is 4.98 Å². The van der Waals surface area contributed by atoms with Crippen LogP contribution < -0.4 is 0 Å². The van der Waals surface area contributed by atoms with E-state index < -0.39 is 5.60 Å². The number of rotatable bonds is 3. The lowest BCUT2D eigenvalue weighted by atomic mass is 9.81. The molecule has 3 heterocycles. The van der Waals surface area contributed by atoms with Gasteiger partial charge in [-0.2, -0.15) is 0 Å². The van der Waals surface area contributed by atoms with E-state index in [0.717, 1.165) is 18.4 Å². The van der Waals surface area contributed by atoms with Gasteiger partial charge in [0, 0.05) is 48.8 Å². The van der Waals surface area contributed by atoms with Crippen molar-refractivity contribution in [3.63, 3.8) is 0 Å². The molecule has 2 aromatic carbocycles. The number of hydrogen-bond donors (Lipinski definition) is 1. The van der Waals surface area contributed by atoms with Crippen LogP contribution in [-0.4, -0.2) is 39.8 Å². The summed E-state index contributed by atoms with van der Waals surface area (Å²) in [4.78, 5) is 19.3. The second-order valence-corrected chi connectivity index (χ2v) is 9.28. The average Bonchev–Trinajstić information content (AvgIpc) is 3.30. The number of benzene rings is 2. The number of carbonyl (C=O) groups is 1. The lowest BCUT2D eigenvalue weighted by Crippen LogP contribution is -2.52. The molecule has 1 aromatic heterocycles. The zero-order chi connectivity index (χ0) is 21.7. The maximum absolute atomic E-state index is 13.2. The maximum atomic E-state index is 13.2. The van der Waals surface area contributed by atoms with E-state index in [9.17, 15) is 9.90 Å². The number of pyridine rings is 1. The highest BCUT2D eigenvalue weighted by Gasteiger charge is 2.50. The molecule has 2 atom stereocenters. The summed E-state index contributed by atoms with van der Waals surface area (Å²) in [6.07, 6.45) is 6.05. The van der Waals surface area contributed by atoms with Gasteiger partial charge in [-0.25, -0.2) is 4.79 Å². The van der Waals surface area contributed by atoms with Crippen LogP contribution >= 0.6 is 0 Å². The van der Waals surface area contributed by atoms with Gasteiger partial charge in [-0.15, -0.1) is 0 Å². The Morgan fingerprint density at radius 1 is 0.969 bits per heavy atom. The van der Waals surface area contributed by atoms with Crippen LogP contribution in [0.1, 0.15) is 48.3 Å². The molecule has 2 fully saturated rings. The van der Waals surface area contributed by atoms with Crippen molar-refractivity contribution >= 4 is 6.09 Å². The van der Waals surface area contributed by atoms with Gasteiger partial charge in [0.1, 0.15) is 6.61 Å². The third-order valence-electron chi connectivity index (χ3n) is 7.51. The van der Waals surface area contributed by atoms with Crippen LogP contribution in [-0.2, 0) is 10.3 Å². The van der Waals surface area contributed by atoms with Gasteiger partial charge in [0.05, 0.1) is 5.60 Å². The van der Waals surface area contributed by atoms with Crippen LogP contribution in [0.5, 0.6) is 0 Å². The summed E-state index contributed by atoms with van der Waals surface area (Å²) < 4.78 is 5.93. The van der Waals surface area contributed by atoms with Crippen LogP contribution in [0.3, 0.4) is 0 Å². The molecule has 5 nitrogen and oxygen atoms in total. The van der Waals surface area contributed by atoms with Gasteiger partial charge in [0.2, 0.25) is 0 Å². The summed E-state index contributed by atoms with van der Waals surface area (Å²) in [5, 5.41) is 11.3. The average molecular weight is 427 g/mol. The highest BCUT2D eigenvalue weighted by molar-refractivity contribution is 5.79. The Labute approximate surface area is 187 Å². The molecule has 2 saturated heterocycles. The van der Waals surface area contributed by atoms with E-state index in [4.69, 9.17) is 4.74 Å². The van der Waals surface area contributed by atoms with Crippen molar-refractivity contribution in [1.29, 1.82) is 0 Å². The summed E-state index contributed by atoms with van der Waals surface area (Å²) >= 11 is 0. The number of hydrogen-bond acceptors (Lipinski definition) is 4.